The summed E-state index contributed by atoms with van der Waals surface area (Å²) < 4.78 is 12.5. The molecule has 0 bridgehead atoms. The standard InChI is InChI=1S/C36H29BN2O2/c1-35(2)36(3,4)41-37(40-35)28-18-16-24(17-19-28)34-38-30-11-6-5-10-29(30)33(39-34)27-20-25-14-12-22-8-7-9-23-13-15-26(21-27)32(25)31(22)23/h5-21H,1-4H3. The fourth-order valence-electron chi connectivity index (χ4n) is 6.08. The maximum absolute atomic E-state index is 6.26. The molecule has 1 aliphatic rings. The van der Waals surface area contributed by atoms with Gasteiger partial charge in [0.1, 0.15) is 0 Å². The Morgan fingerprint density at radius 3 is 1.80 bits per heavy atom. The summed E-state index contributed by atoms with van der Waals surface area (Å²) >= 11 is 0. The molecule has 41 heavy (non-hydrogen) atoms. The van der Waals surface area contributed by atoms with Gasteiger partial charge in [0.2, 0.25) is 0 Å². The topological polar surface area (TPSA) is 44.2 Å². The Morgan fingerprint density at radius 2 is 1.15 bits per heavy atom. The number of benzene rings is 6. The van der Waals surface area contributed by atoms with Gasteiger partial charge in [-0.05, 0) is 83.7 Å². The van der Waals surface area contributed by atoms with Crippen LogP contribution in [-0.4, -0.2) is 28.3 Å². The van der Waals surface area contributed by atoms with E-state index in [9.17, 15) is 0 Å². The molecule has 7 aromatic rings. The predicted molar refractivity (Wildman–Crippen MR) is 170 cm³/mol. The Bertz CT molecular complexity index is 2040. The SMILES string of the molecule is CC1(C)OB(c2ccc(-c3nc(-c4cc5ccc6cccc7ccc(c4)c5c67)c4ccccc4n3)cc2)OC1(C)C. The molecule has 0 atom stereocenters. The lowest BCUT2D eigenvalue weighted by molar-refractivity contribution is 0.00578. The minimum Gasteiger partial charge on any atom is -0.399 e. The zero-order valence-corrected chi connectivity index (χ0v) is 23.6. The Labute approximate surface area is 239 Å². The van der Waals surface area contributed by atoms with E-state index in [1.165, 1.54) is 32.3 Å². The van der Waals surface area contributed by atoms with Crippen molar-refractivity contribution in [3.05, 3.63) is 103 Å². The van der Waals surface area contributed by atoms with Crippen molar-refractivity contribution in [1.82, 2.24) is 9.97 Å². The van der Waals surface area contributed by atoms with Crippen LogP contribution in [0.1, 0.15) is 27.7 Å². The van der Waals surface area contributed by atoms with Gasteiger partial charge in [0.15, 0.2) is 5.82 Å². The number of hydrogen-bond acceptors (Lipinski definition) is 4. The van der Waals surface area contributed by atoms with Gasteiger partial charge in [0.05, 0.1) is 22.4 Å². The second-order valence-corrected chi connectivity index (χ2v) is 12.1. The van der Waals surface area contributed by atoms with Gasteiger partial charge in [-0.15, -0.1) is 0 Å². The summed E-state index contributed by atoms with van der Waals surface area (Å²) in [4.78, 5) is 10.1. The van der Waals surface area contributed by atoms with Crippen molar-refractivity contribution in [3.63, 3.8) is 0 Å². The molecule has 0 spiro atoms. The molecule has 198 valence electrons. The Kier molecular flexibility index (Phi) is 5.13. The van der Waals surface area contributed by atoms with Crippen molar-refractivity contribution < 1.29 is 9.31 Å². The van der Waals surface area contributed by atoms with Crippen molar-refractivity contribution in [3.8, 4) is 22.6 Å². The fourth-order valence-corrected chi connectivity index (χ4v) is 6.08. The monoisotopic (exact) mass is 532 g/mol. The lowest BCUT2D eigenvalue weighted by Gasteiger charge is -2.32. The normalized spacial score (nSPS) is 16.4. The van der Waals surface area contributed by atoms with Crippen molar-refractivity contribution in [2.45, 2.75) is 38.9 Å². The quantitative estimate of drug-likeness (QED) is 0.170. The van der Waals surface area contributed by atoms with E-state index >= 15 is 0 Å². The van der Waals surface area contributed by atoms with Crippen molar-refractivity contribution >= 4 is 55.8 Å². The minimum absolute atomic E-state index is 0.380. The van der Waals surface area contributed by atoms with E-state index in [1.807, 2.05) is 6.07 Å². The third kappa shape index (κ3) is 3.77. The molecule has 1 saturated heterocycles. The molecule has 0 saturated carbocycles. The summed E-state index contributed by atoms with van der Waals surface area (Å²) in [6.45, 7) is 8.29. The second-order valence-electron chi connectivity index (χ2n) is 12.1. The van der Waals surface area contributed by atoms with Crippen LogP contribution in [-0.2, 0) is 9.31 Å². The highest BCUT2D eigenvalue weighted by atomic mass is 16.7. The lowest BCUT2D eigenvalue weighted by atomic mass is 9.79. The van der Waals surface area contributed by atoms with Gasteiger partial charge < -0.3 is 9.31 Å². The van der Waals surface area contributed by atoms with Crippen LogP contribution < -0.4 is 5.46 Å². The van der Waals surface area contributed by atoms with Crippen LogP contribution in [0.25, 0.3) is 65.9 Å². The Hall–Kier alpha value is -4.32. The van der Waals surface area contributed by atoms with E-state index in [0.29, 0.717) is 5.82 Å². The third-order valence-electron chi connectivity index (χ3n) is 9.03. The average molecular weight is 532 g/mol. The van der Waals surface area contributed by atoms with Crippen LogP contribution in [0, 0.1) is 0 Å². The molecule has 5 heteroatoms. The van der Waals surface area contributed by atoms with Crippen molar-refractivity contribution in [1.29, 1.82) is 0 Å². The van der Waals surface area contributed by atoms with Gasteiger partial charge in [-0.25, -0.2) is 9.97 Å². The van der Waals surface area contributed by atoms with Gasteiger partial charge in [0.25, 0.3) is 0 Å². The number of rotatable bonds is 3. The van der Waals surface area contributed by atoms with Crippen LogP contribution in [0.2, 0.25) is 0 Å². The van der Waals surface area contributed by atoms with Crippen LogP contribution >= 0.6 is 0 Å². The molecule has 0 amide bonds. The van der Waals surface area contributed by atoms with Gasteiger partial charge >= 0.3 is 7.12 Å². The predicted octanol–water partition coefficient (Wildman–Crippen LogP) is 8.16. The van der Waals surface area contributed by atoms with E-state index in [2.05, 4.69) is 125 Å². The average Bonchev–Trinajstić information content (AvgIpc) is 3.21. The highest BCUT2D eigenvalue weighted by molar-refractivity contribution is 6.62. The molecule has 0 radical (unpaired) electrons. The first-order chi connectivity index (χ1) is 19.8. The fraction of sp³-hybridized carbons (Fsp3) is 0.167. The van der Waals surface area contributed by atoms with E-state index in [1.54, 1.807) is 0 Å². The second kappa shape index (κ2) is 8.59. The van der Waals surface area contributed by atoms with Crippen LogP contribution in [0.4, 0.5) is 0 Å². The van der Waals surface area contributed by atoms with E-state index in [4.69, 9.17) is 19.3 Å². The summed E-state index contributed by atoms with van der Waals surface area (Å²) in [5, 5.41) is 8.65. The van der Waals surface area contributed by atoms with E-state index < -0.39 is 7.12 Å². The maximum atomic E-state index is 6.26. The molecule has 8 rings (SSSR count). The first kappa shape index (κ1) is 24.5. The Morgan fingerprint density at radius 1 is 0.561 bits per heavy atom. The van der Waals surface area contributed by atoms with Gasteiger partial charge in [-0.2, -0.15) is 0 Å². The van der Waals surface area contributed by atoms with Crippen LogP contribution in [0.5, 0.6) is 0 Å². The highest BCUT2D eigenvalue weighted by Crippen LogP contribution is 2.39. The zero-order valence-electron chi connectivity index (χ0n) is 23.6. The molecule has 0 unspecified atom stereocenters. The summed E-state index contributed by atoms with van der Waals surface area (Å²) in [6.07, 6.45) is 0. The maximum Gasteiger partial charge on any atom is 0.494 e. The number of nitrogens with zero attached hydrogens (tertiary/aromatic N) is 2. The first-order valence-corrected chi connectivity index (χ1v) is 14.2. The summed E-state index contributed by atoms with van der Waals surface area (Å²) in [7, 11) is -0.402. The zero-order chi connectivity index (χ0) is 27.9. The smallest absolute Gasteiger partial charge is 0.399 e. The molecule has 6 aromatic carbocycles. The number of aromatic nitrogens is 2. The number of fused-ring (bicyclic) bond motifs is 1. The lowest BCUT2D eigenvalue weighted by Crippen LogP contribution is -2.41. The number of hydrogen-bond donors (Lipinski definition) is 0. The van der Waals surface area contributed by atoms with Gasteiger partial charge in [-0.1, -0.05) is 84.9 Å². The van der Waals surface area contributed by atoms with Gasteiger partial charge in [0, 0.05) is 16.5 Å². The molecule has 2 heterocycles. The third-order valence-corrected chi connectivity index (χ3v) is 9.03. The first-order valence-electron chi connectivity index (χ1n) is 14.2. The van der Waals surface area contributed by atoms with Gasteiger partial charge in [-0.3, -0.25) is 0 Å². The van der Waals surface area contributed by atoms with E-state index in [0.717, 1.165) is 33.2 Å². The van der Waals surface area contributed by atoms with E-state index in [-0.39, 0.29) is 11.2 Å². The van der Waals surface area contributed by atoms with Crippen LogP contribution in [0.3, 0.4) is 0 Å². The largest absolute Gasteiger partial charge is 0.494 e. The number of para-hydroxylation sites is 1. The minimum atomic E-state index is -0.402. The molecular formula is C36H29BN2O2. The molecular weight excluding hydrogens is 503 g/mol. The molecule has 1 aliphatic heterocycles. The molecule has 1 aromatic heterocycles. The summed E-state index contributed by atoms with van der Waals surface area (Å²) in [5.74, 6) is 0.698. The Balaban J connectivity index is 1.25. The van der Waals surface area contributed by atoms with Crippen molar-refractivity contribution in [2.75, 3.05) is 0 Å². The molecule has 0 N–H and O–H groups in total. The summed E-state index contributed by atoms with van der Waals surface area (Å²) in [5.41, 5.74) is 4.13. The molecule has 1 fully saturated rings. The highest BCUT2D eigenvalue weighted by Gasteiger charge is 2.51. The van der Waals surface area contributed by atoms with Crippen LogP contribution in [0.15, 0.2) is 103 Å². The molecule has 4 nitrogen and oxygen atoms in total. The summed E-state index contributed by atoms with van der Waals surface area (Å²) in [6, 6.07) is 36.5. The van der Waals surface area contributed by atoms with Crippen molar-refractivity contribution in [2.24, 2.45) is 0 Å². The molecule has 0 aliphatic carbocycles.